The largest absolute Gasteiger partial charge is 0.379 e. The molecule has 2 aliphatic rings. The van der Waals surface area contributed by atoms with E-state index in [-0.39, 0.29) is 6.03 Å². The lowest BCUT2D eigenvalue weighted by atomic mass is 10.1. The van der Waals surface area contributed by atoms with Gasteiger partial charge >= 0.3 is 6.03 Å². The number of benzene rings is 1. The van der Waals surface area contributed by atoms with Crippen LogP contribution in [0, 0.1) is 13.8 Å². The molecule has 0 aromatic heterocycles. The van der Waals surface area contributed by atoms with Crippen LogP contribution in [0.2, 0.25) is 0 Å². The molecule has 0 spiro atoms. The summed E-state index contributed by atoms with van der Waals surface area (Å²) < 4.78 is 5.34. The first-order valence-corrected chi connectivity index (χ1v) is 9.29. The summed E-state index contributed by atoms with van der Waals surface area (Å²) >= 11 is 0. The molecule has 0 saturated carbocycles. The molecule has 0 atom stereocenters. The first-order valence-electron chi connectivity index (χ1n) is 9.29. The van der Waals surface area contributed by atoms with Crippen molar-refractivity contribution in [2.24, 2.45) is 0 Å². The fourth-order valence-electron chi connectivity index (χ4n) is 3.49. The Morgan fingerprint density at radius 2 is 1.80 bits per heavy atom. The number of anilines is 1. The summed E-state index contributed by atoms with van der Waals surface area (Å²) in [5.74, 6) is 0. The van der Waals surface area contributed by atoms with Crippen molar-refractivity contribution in [3.63, 3.8) is 0 Å². The molecule has 2 amide bonds. The Bertz CT molecular complexity index is 579. The minimum absolute atomic E-state index is 0.0638. The van der Waals surface area contributed by atoms with E-state index in [1.807, 2.05) is 4.90 Å². The van der Waals surface area contributed by atoms with Crippen molar-refractivity contribution < 1.29 is 9.53 Å². The molecule has 0 bridgehead atoms. The first kappa shape index (κ1) is 18.0. The standard InChI is InChI=1S/C19H30N4O2/c1-16-4-3-5-18(17(16)2)22-8-10-23(11-9-22)19(24)20-6-7-21-12-14-25-15-13-21/h3-5H,6-15H2,1-2H3,(H,20,24). The maximum absolute atomic E-state index is 12.4. The smallest absolute Gasteiger partial charge is 0.317 e. The van der Waals surface area contributed by atoms with E-state index in [1.165, 1.54) is 16.8 Å². The third kappa shape index (κ3) is 4.64. The summed E-state index contributed by atoms with van der Waals surface area (Å²) in [5, 5.41) is 3.06. The van der Waals surface area contributed by atoms with Gasteiger partial charge in [0.05, 0.1) is 13.2 Å². The SMILES string of the molecule is Cc1cccc(N2CCN(C(=O)NCCN3CCOCC3)CC2)c1C. The van der Waals surface area contributed by atoms with Crippen LogP contribution in [0.5, 0.6) is 0 Å². The Kier molecular flexibility index (Phi) is 6.15. The van der Waals surface area contributed by atoms with Crippen LogP contribution in [-0.2, 0) is 4.74 Å². The number of aryl methyl sites for hydroxylation is 1. The van der Waals surface area contributed by atoms with Gasteiger partial charge < -0.3 is 19.9 Å². The maximum Gasteiger partial charge on any atom is 0.317 e. The Labute approximate surface area is 150 Å². The molecule has 2 aliphatic heterocycles. The van der Waals surface area contributed by atoms with Gasteiger partial charge in [0.2, 0.25) is 0 Å². The number of nitrogens with zero attached hydrogens (tertiary/aromatic N) is 3. The molecule has 2 fully saturated rings. The highest BCUT2D eigenvalue weighted by atomic mass is 16.5. The number of ether oxygens (including phenoxy) is 1. The zero-order chi connectivity index (χ0) is 17.6. The third-order valence-electron chi connectivity index (χ3n) is 5.29. The monoisotopic (exact) mass is 346 g/mol. The average Bonchev–Trinajstić information content (AvgIpc) is 2.65. The van der Waals surface area contributed by atoms with Gasteiger partial charge in [0.1, 0.15) is 0 Å². The molecule has 3 rings (SSSR count). The second kappa shape index (κ2) is 8.54. The van der Waals surface area contributed by atoms with Gasteiger partial charge in [-0.25, -0.2) is 4.79 Å². The Morgan fingerprint density at radius 3 is 2.52 bits per heavy atom. The van der Waals surface area contributed by atoms with Gasteiger partial charge in [0.25, 0.3) is 0 Å². The number of rotatable bonds is 4. The van der Waals surface area contributed by atoms with Crippen molar-refractivity contribution in [1.82, 2.24) is 15.1 Å². The van der Waals surface area contributed by atoms with E-state index in [2.05, 4.69) is 47.2 Å². The predicted octanol–water partition coefficient (Wildman–Crippen LogP) is 1.47. The van der Waals surface area contributed by atoms with Gasteiger partial charge in [-0.3, -0.25) is 4.90 Å². The van der Waals surface area contributed by atoms with Crippen LogP contribution in [0.1, 0.15) is 11.1 Å². The molecule has 138 valence electrons. The summed E-state index contributed by atoms with van der Waals surface area (Å²) in [7, 11) is 0. The van der Waals surface area contributed by atoms with E-state index in [1.54, 1.807) is 0 Å². The topological polar surface area (TPSA) is 48.0 Å². The van der Waals surface area contributed by atoms with Crippen molar-refractivity contribution in [1.29, 1.82) is 0 Å². The lowest BCUT2D eigenvalue weighted by Crippen LogP contribution is -2.53. The van der Waals surface area contributed by atoms with Crippen LogP contribution in [0.4, 0.5) is 10.5 Å². The molecule has 0 unspecified atom stereocenters. The van der Waals surface area contributed by atoms with Crippen LogP contribution < -0.4 is 10.2 Å². The van der Waals surface area contributed by atoms with E-state index in [0.717, 1.165) is 59.0 Å². The van der Waals surface area contributed by atoms with Gasteiger partial charge in [0.15, 0.2) is 0 Å². The Balaban J connectivity index is 1.42. The van der Waals surface area contributed by atoms with E-state index < -0.39 is 0 Å². The van der Waals surface area contributed by atoms with Crippen molar-refractivity contribution in [3.8, 4) is 0 Å². The first-order chi connectivity index (χ1) is 12.1. The average molecular weight is 346 g/mol. The number of carbonyl (C=O) groups excluding carboxylic acids is 1. The fourth-order valence-corrected chi connectivity index (χ4v) is 3.49. The lowest BCUT2D eigenvalue weighted by molar-refractivity contribution is 0.0386. The molecular weight excluding hydrogens is 316 g/mol. The number of hydrogen-bond acceptors (Lipinski definition) is 4. The highest BCUT2D eigenvalue weighted by Crippen LogP contribution is 2.23. The normalized spacial score (nSPS) is 19.1. The molecule has 2 saturated heterocycles. The number of piperazine rings is 1. The molecule has 0 aliphatic carbocycles. The summed E-state index contributed by atoms with van der Waals surface area (Å²) in [6.07, 6.45) is 0. The summed E-state index contributed by atoms with van der Waals surface area (Å²) in [6, 6.07) is 6.51. The molecule has 25 heavy (non-hydrogen) atoms. The highest BCUT2D eigenvalue weighted by Gasteiger charge is 2.22. The lowest BCUT2D eigenvalue weighted by Gasteiger charge is -2.37. The zero-order valence-corrected chi connectivity index (χ0v) is 15.5. The third-order valence-corrected chi connectivity index (χ3v) is 5.29. The van der Waals surface area contributed by atoms with Crippen LogP contribution in [0.25, 0.3) is 0 Å². The molecule has 6 heteroatoms. The Hall–Kier alpha value is -1.79. The van der Waals surface area contributed by atoms with Crippen LogP contribution in [0.15, 0.2) is 18.2 Å². The number of carbonyl (C=O) groups is 1. The maximum atomic E-state index is 12.4. The summed E-state index contributed by atoms with van der Waals surface area (Å²) in [6.45, 7) is 12.8. The van der Waals surface area contributed by atoms with Gasteiger partial charge in [0, 0.05) is 58.0 Å². The minimum Gasteiger partial charge on any atom is -0.379 e. The number of hydrogen-bond donors (Lipinski definition) is 1. The number of urea groups is 1. The van der Waals surface area contributed by atoms with E-state index >= 15 is 0 Å². The van der Waals surface area contributed by atoms with Gasteiger partial charge in [-0.1, -0.05) is 12.1 Å². The number of amides is 2. The second-order valence-electron chi connectivity index (χ2n) is 6.88. The van der Waals surface area contributed by atoms with E-state index in [4.69, 9.17) is 4.74 Å². The number of morpholine rings is 1. The van der Waals surface area contributed by atoms with Crippen molar-refractivity contribution in [3.05, 3.63) is 29.3 Å². The molecular formula is C19H30N4O2. The zero-order valence-electron chi connectivity index (χ0n) is 15.5. The molecule has 1 aromatic carbocycles. The van der Waals surface area contributed by atoms with Gasteiger partial charge in [-0.05, 0) is 31.0 Å². The number of nitrogens with one attached hydrogen (secondary N) is 1. The van der Waals surface area contributed by atoms with Crippen molar-refractivity contribution in [2.75, 3.05) is 70.5 Å². The molecule has 2 heterocycles. The van der Waals surface area contributed by atoms with Gasteiger partial charge in [-0.15, -0.1) is 0 Å². The Morgan fingerprint density at radius 1 is 1.08 bits per heavy atom. The van der Waals surface area contributed by atoms with Crippen LogP contribution in [0.3, 0.4) is 0 Å². The van der Waals surface area contributed by atoms with Crippen LogP contribution in [-0.4, -0.2) is 81.4 Å². The summed E-state index contributed by atoms with van der Waals surface area (Å²) in [5.41, 5.74) is 3.96. The molecule has 1 N–H and O–H groups in total. The fraction of sp³-hybridized carbons (Fsp3) is 0.632. The second-order valence-corrected chi connectivity index (χ2v) is 6.88. The quantitative estimate of drug-likeness (QED) is 0.897. The highest BCUT2D eigenvalue weighted by molar-refractivity contribution is 5.74. The van der Waals surface area contributed by atoms with Crippen LogP contribution >= 0.6 is 0 Å². The minimum atomic E-state index is 0.0638. The molecule has 6 nitrogen and oxygen atoms in total. The predicted molar refractivity (Wildman–Crippen MR) is 100 cm³/mol. The van der Waals surface area contributed by atoms with E-state index in [0.29, 0.717) is 6.54 Å². The molecule has 1 aromatic rings. The van der Waals surface area contributed by atoms with Crippen molar-refractivity contribution in [2.45, 2.75) is 13.8 Å². The molecule has 0 radical (unpaired) electrons. The van der Waals surface area contributed by atoms with Crippen molar-refractivity contribution >= 4 is 11.7 Å². The van der Waals surface area contributed by atoms with Gasteiger partial charge in [-0.2, -0.15) is 0 Å². The van der Waals surface area contributed by atoms with E-state index in [9.17, 15) is 4.79 Å². The summed E-state index contributed by atoms with van der Waals surface area (Å²) in [4.78, 5) is 19.0.